The Kier molecular flexibility index (Phi) is 6.27. The standard InChI is InChI=1S/C20H28N4OS/c1-3-13-21-19(25)14-22(2)15-23-17-11-7-8-12-18(17)24(20(23)26)16-9-5-4-6-10-16/h4-6,9-10H,3,7-8,11-15H2,1-2H3,(H,21,25)/p+1. The van der Waals surface area contributed by atoms with Crippen LogP contribution in [-0.2, 0) is 24.3 Å². The first kappa shape index (κ1) is 18.9. The van der Waals surface area contributed by atoms with Gasteiger partial charge in [-0.25, -0.2) is 0 Å². The zero-order valence-corrected chi connectivity index (χ0v) is 16.6. The Bertz CT molecular complexity index is 809. The van der Waals surface area contributed by atoms with Crippen LogP contribution in [0.2, 0.25) is 0 Å². The normalized spacial score (nSPS) is 14.7. The van der Waals surface area contributed by atoms with E-state index in [-0.39, 0.29) is 5.91 Å². The second-order valence-corrected chi connectivity index (χ2v) is 7.49. The van der Waals surface area contributed by atoms with Crippen LogP contribution in [0.25, 0.3) is 5.69 Å². The Hall–Kier alpha value is -1.92. The van der Waals surface area contributed by atoms with Gasteiger partial charge in [0.25, 0.3) is 5.91 Å². The average Bonchev–Trinajstić information content (AvgIpc) is 2.92. The van der Waals surface area contributed by atoms with Gasteiger partial charge in [-0.15, -0.1) is 0 Å². The second-order valence-electron chi connectivity index (χ2n) is 7.12. The Morgan fingerprint density at radius 3 is 2.58 bits per heavy atom. The quantitative estimate of drug-likeness (QED) is 0.728. The SMILES string of the molecule is CCCNC(=O)C[NH+](C)Cn1c2c(n(-c3ccccc3)c1=S)CCCC2. The van der Waals surface area contributed by atoms with Gasteiger partial charge in [-0.1, -0.05) is 25.1 Å². The summed E-state index contributed by atoms with van der Waals surface area (Å²) in [5.41, 5.74) is 3.82. The molecule has 1 aromatic carbocycles. The minimum absolute atomic E-state index is 0.104. The molecule has 3 rings (SSSR count). The highest BCUT2D eigenvalue weighted by Gasteiger charge is 2.23. The van der Waals surface area contributed by atoms with Crippen molar-refractivity contribution in [1.29, 1.82) is 0 Å². The van der Waals surface area contributed by atoms with E-state index in [9.17, 15) is 4.79 Å². The van der Waals surface area contributed by atoms with Crippen molar-refractivity contribution >= 4 is 18.1 Å². The van der Waals surface area contributed by atoms with Gasteiger partial charge in [-0.2, -0.15) is 0 Å². The summed E-state index contributed by atoms with van der Waals surface area (Å²) in [6.07, 6.45) is 5.51. The van der Waals surface area contributed by atoms with Gasteiger partial charge in [0, 0.05) is 23.6 Å². The molecular weight excluding hydrogens is 344 g/mol. The minimum Gasteiger partial charge on any atom is -0.351 e. The maximum absolute atomic E-state index is 12.0. The van der Waals surface area contributed by atoms with Crippen molar-refractivity contribution in [3.63, 3.8) is 0 Å². The summed E-state index contributed by atoms with van der Waals surface area (Å²) in [7, 11) is 2.06. The fourth-order valence-corrected chi connectivity index (χ4v) is 4.08. The predicted molar refractivity (Wildman–Crippen MR) is 106 cm³/mol. The molecule has 0 radical (unpaired) electrons. The van der Waals surface area contributed by atoms with E-state index < -0.39 is 0 Å². The van der Waals surface area contributed by atoms with E-state index in [1.165, 1.54) is 24.2 Å². The molecule has 26 heavy (non-hydrogen) atoms. The summed E-state index contributed by atoms with van der Waals surface area (Å²) in [5.74, 6) is 0.104. The number of para-hydroxylation sites is 1. The number of benzene rings is 1. The fourth-order valence-electron chi connectivity index (χ4n) is 3.69. The lowest BCUT2D eigenvalue weighted by Gasteiger charge is -2.18. The van der Waals surface area contributed by atoms with Crippen LogP contribution in [0.15, 0.2) is 30.3 Å². The summed E-state index contributed by atoms with van der Waals surface area (Å²) < 4.78 is 5.32. The molecule has 1 aromatic heterocycles. The number of aromatic nitrogens is 2. The van der Waals surface area contributed by atoms with Gasteiger partial charge < -0.3 is 10.2 Å². The van der Waals surface area contributed by atoms with Crippen molar-refractivity contribution < 1.29 is 9.69 Å². The number of hydrogen-bond donors (Lipinski definition) is 2. The number of nitrogens with one attached hydrogen (secondary N) is 2. The van der Waals surface area contributed by atoms with Crippen LogP contribution in [0.1, 0.15) is 37.6 Å². The van der Waals surface area contributed by atoms with Crippen molar-refractivity contribution in [3.8, 4) is 5.69 Å². The molecule has 2 N–H and O–H groups in total. The van der Waals surface area contributed by atoms with Crippen molar-refractivity contribution in [3.05, 3.63) is 46.5 Å². The largest absolute Gasteiger partial charge is 0.351 e. The number of quaternary nitrogens is 1. The van der Waals surface area contributed by atoms with Crippen molar-refractivity contribution in [1.82, 2.24) is 14.5 Å². The van der Waals surface area contributed by atoms with Gasteiger partial charge in [-0.3, -0.25) is 13.9 Å². The second kappa shape index (κ2) is 8.64. The number of carbonyl (C=O) groups is 1. The van der Waals surface area contributed by atoms with Crippen LogP contribution >= 0.6 is 12.2 Å². The summed E-state index contributed by atoms with van der Waals surface area (Å²) in [6.45, 7) is 3.99. The zero-order valence-electron chi connectivity index (χ0n) is 15.8. The van der Waals surface area contributed by atoms with Gasteiger partial charge in [0.2, 0.25) is 0 Å². The smallest absolute Gasteiger partial charge is 0.275 e. The number of fused-ring (bicyclic) bond motifs is 1. The molecule has 1 atom stereocenters. The van der Waals surface area contributed by atoms with Gasteiger partial charge in [0.05, 0.1) is 7.05 Å². The van der Waals surface area contributed by atoms with Gasteiger partial charge in [-0.05, 0) is 56.5 Å². The Labute approximate surface area is 160 Å². The van der Waals surface area contributed by atoms with Crippen LogP contribution < -0.4 is 10.2 Å². The number of likely N-dealkylation sites (N-methyl/N-ethyl adjacent to an activating group) is 1. The highest BCUT2D eigenvalue weighted by atomic mass is 32.1. The molecule has 1 aliphatic rings. The number of nitrogens with zero attached hydrogens (tertiary/aromatic N) is 2. The summed E-state index contributed by atoms with van der Waals surface area (Å²) in [4.78, 5) is 13.2. The van der Waals surface area contributed by atoms with E-state index in [4.69, 9.17) is 12.2 Å². The van der Waals surface area contributed by atoms with E-state index in [0.29, 0.717) is 6.54 Å². The van der Waals surface area contributed by atoms with Crippen molar-refractivity contribution in [2.45, 2.75) is 45.7 Å². The predicted octanol–water partition coefficient (Wildman–Crippen LogP) is 1.89. The molecule has 6 heteroatoms. The summed E-state index contributed by atoms with van der Waals surface area (Å²) >= 11 is 5.86. The first-order valence-corrected chi connectivity index (χ1v) is 9.99. The molecule has 0 spiro atoms. The van der Waals surface area contributed by atoms with E-state index in [1.54, 1.807) is 0 Å². The molecule has 2 aromatic rings. The molecule has 5 nitrogen and oxygen atoms in total. The van der Waals surface area contributed by atoms with Crippen LogP contribution in [0.4, 0.5) is 0 Å². The topological polar surface area (TPSA) is 43.4 Å². The average molecular weight is 374 g/mol. The molecule has 1 aliphatic carbocycles. The molecule has 1 unspecified atom stereocenters. The van der Waals surface area contributed by atoms with E-state index in [0.717, 1.165) is 47.8 Å². The Morgan fingerprint density at radius 2 is 1.88 bits per heavy atom. The van der Waals surface area contributed by atoms with Crippen molar-refractivity contribution in [2.24, 2.45) is 0 Å². The molecule has 0 fully saturated rings. The lowest BCUT2D eigenvalue weighted by Crippen LogP contribution is -3.09. The number of carbonyl (C=O) groups excluding carboxylic acids is 1. The number of hydrogen-bond acceptors (Lipinski definition) is 2. The van der Waals surface area contributed by atoms with Gasteiger partial charge in [0.1, 0.15) is 0 Å². The summed E-state index contributed by atoms with van der Waals surface area (Å²) in [6, 6.07) is 10.4. The lowest BCUT2D eigenvalue weighted by atomic mass is 10.0. The molecule has 0 bridgehead atoms. The third-order valence-electron chi connectivity index (χ3n) is 4.91. The monoisotopic (exact) mass is 373 g/mol. The lowest BCUT2D eigenvalue weighted by molar-refractivity contribution is -0.895. The first-order chi connectivity index (χ1) is 12.6. The molecule has 0 aliphatic heterocycles. The number of amides is 1. The van der Waals surface area contributed by atoms with Gasteiger partial charge in [0.15, 0.2) is 18.0 Å². The third kappa shape index (κ3) is 4.07. The van der Waals surface area contributed by atoms with Crippen LogP contribution in [0.3, 0.4) is 0 Å². The molecule has 0 saturated carbocycles. The van der Waals surface area contributed by atoms with Crippen LogP contribution in [0, 0.1) is 4.77 Å². The van der Waals surface area contributed by atoms with Crippen LogP contribution in [-0.4, -0.2) is 35.2 Å². The number of rotatable bonds is 7. The first-order valence-electron chi connectivity index (χ1n) is 9.58. The Balaban J connectivity index is 1.87. The minimum atomic E-state index is 0.104. The van der Waals surface area contributed by atoms with E-state index >= 15 is 0 Å². The highest BCUT2D eigenvalue weighted by Crippen LogP contribution is 2.26. The Morgan fingerprint density at radius 1 is 1.19 bits per heavy atom. The zero-order chi connectivity index (χ0) is 18.5. The van der Waals surface area contributed by atoms with E-state index in [1.807, 2.05) is 6.07 Å². The highest BCUT2D eigenvalue weighted by molar-refractivity contribution is 7.71. The fraction of sp³-hybridized carbons (Fsp3) is 0.500. The van der Waals surface area contributed by atoms with Gasteiger partial charge >= 0.3 is 0 Å². The maximum Gasteiger partial charge on any atom is 0.275 e. The molecule has 140 valence electrons. The molecule has 1 heterocycles. The summed E-state index contributed by atoms with van der Waals surface area (Å²) in [5, 5.41) is 2.96. The van der Waals surface area contributed by atoms with E-state index in [2.05, 4.69) is 52.7 Å². The molecular formula is C20H29N4OS+. The maximum atomic E-state index is 12.0. The molecule has 1 amide bonds. The third-order valence-corrected chi connectivity index (χ3v) is 5.31. The molecule has 0 saturated heterocycles. The number of imidazole rings is 1. The van der Waals surface area contributed by atoms with Crippen LogP contribution in [0.5, 0.6) is 0 Å². The van der Waals surface area contributed by atoms with Crippen molar-refractivity contribution in [2.75, 3.05) is 20.1 Å².